The van der Waals surface area contributed by atoms with Crippen molar-refractivity contribution in [3.05, 3.63) is 45.6 Å². The minimum Gasteiger partial charge on any atom is -0.342 e. The monoisotopic (exact) mass is 441 g/mol. The maximum atomic E-state index is 13.1. The van der Waals surface area contributed by atoms with E-state index in [0.717, 1.165) is 6.41 Å². The van der Waals surface area contributed by atoms with Gasteiger partial charge in [-0.25, -0.2) is 8.42 Å². The first-order valence-corrected chi connectivity index (χ1v) is 11.4. The van der Waals surface area contributed by atoms with Crippen LogP contribution in [-0.2, 0) is 14.8 Å². The van der Waals surface area contributed by atoms with Crippen molar-refractivity contribution in [1.82, 2.24) is 9.80 Å². The lowest BCUT2D eigenvalue weighted by Crippen LogP contribution is -2.48. The Morgan fingerprint density at radius 2 is 1.82 bits per heavy atom. The van der Waals surface area contributed by atoms with Crippen LogP contribution in [-0.4, -0.2) is 63.3 Å². The topological polar surface area (TPSA) is 78.0 Å². The molecule has 3 rings (SSSR count). The highest BCUT2D eigenvalue weighted by molar-refractivity contribution is 7.92. The van der Waals surface area contributed by atoms with Crippen LogP contribution in [0.15, 0.2) is 40.6 Å². The molecule has 0 N–H and O–H groups in total. The molecular formula is C18H20ClN3O4S2. The molecule has 2 amide bonds. The van der Waals surface area contributed by atoms with Gasteiger partial charge >= 0.3 is 0 Å². The maximum absolute atomic E-state index is 13.1. The van der Waals surface area contributed by atoms with Crippen molar-refractivity contribution in [3.8, 4) is 0 Å². The summed E-state index contributed by atoms with van der Waals surface area (Å²) in [5.74, 6) is -0.222. The Bertz CT molecular complexity index is 951. The number of hydrogen-bond donors (Lipinski definition) is 0. The van der Waals surface area contributed by atoms with Crippen molar-refractivity contribution in [1.29, 1.82) is 0 Å². The molecule has 2 heterocycles. The molecule has 1 aromatic carbocycles. The summed E-state index contributed by atoms with van der Waals surface area (Å²) in [6.07, 6.45) is 0.774. The van der Waals surface area contributed by atoms with Crippen molar-refractivity contribution >= 4 is 51.0 Å². The van der Waals surface area contributed by atoms with Gasteiger partial charge in [-0.15, -0.1) is 11.3 Å². The molecule has 1 aromatic heterocycles. The number of piperazine rings is 1. The lowest BCUT2D eigenvalue weighted by Gasteiger charge is -2.33. The van der Waals surface area contributed by atoms with Crippen LogP contribution in [0.5, 0.6) is 0 Å². The summed E-state index contributed by atoms with van der Waals surface area (Å²) in [4.78, 5) is 27.6. The normalized spacial score (nSPS) is 14.8. The average Bonchev–Trinajstić information content (AvgIpc) is 3.17. The highest BCUT2D eigenvalue weighted by Crippen LogP contribution is 2.32. The van der Waals surface area contributed by atoms with Gasteiger partial charge in [0.2, 0.25) is 6.41 Å². The quantitative estimate of drug-likeness (QED) is 0.645. The lowest BCUT2D eigenvalue weighted by atomic mass is 10.3. The lowest BCUT2D eigenvalue weighted by molar-refractivity contribution is -0.119. The van der Waals surface area contributed by atoms with Crippen LogP contribution in [0.25, 0.3) is 0 Å². The first kappa shape index (κ1) is 20.6. The Morgan fingerprint density at radius 3 is 2.39 bits per heavy atom. The van der Waals surface area contributed by atoms with E-state index in [1.807, 2.05) is 0 Å². The maximum Gasteiger partial charge on any atom is 0.266 e. The molecule has 0 radical (unpaired) electrons. The molecule has 0 spiro atoms. The van der Waals surface area contributed by atoms with Gasteiger partial charge in [0.25, 0.3) is 15.9 Å². The van der Waals surface area contributed by atoms with Gasteiger partial charge in [0, 0.05) is 37.7 Å². The van der Waals surface area contributed by atoms with Gasteiger partial charge in [-0.1, -0.05) is 11.6 Å². The molecule has 0 bridgehead atoms. The molecule has 10 heteroatoms. The molecule has 1 saturated heterocycles. The number of carbonyl (C=O) groups excluding carboxylic acids is 2. The van der Waals surface area contributed by atoms with Crippen molar-refractivity contribution in [2.24, 2.45) is 0 Å². The molecule has 1 aliphatic heterocycles. The van der Waals surface area contributed by atoms with E-state index in [2.05, 4.69) is 0 Å². The smallest absolute Gasteiger partial charge is 0.266 e. The number of carbonyl (C=O) groups is 2. The van der Waals surface area contributed by atoms with Crippen LogP contribution in [0.2, 0.25) is 5.02 Å². The van der Waals surface area contributed by atoms with E-state index in [9.17, 15) is 18.0 Å². The number of halogens is 1. The third kappa shape index (κ3) is 4.01. The Morgan fingerprint density at radius 1 is 1.18 bits per heavy atom. The summed E-state index contributed by atoms with van der Waals surface area (Å²) < 4.78 is 27.5. The van der Waals surface area contributed by atoms with Crippen molar-refractivity contribution < 1.29 is 18.0 Å². The first-order valence-electron chi connectivity index (χ1n) is 8.73. The standard InChI is InChI=1S/C18H20ClN3O4S2/c1-2-22(28(25,26)15-5-3-14(19)4-6-15)16-7-12-27-17(16)18(24)21-10-8-20(13-23)9-11-21/h3-7,12-13H,2,8-11H2,1H3. The molecule has 0 aliphatic carbocycles. The number of anilines is 1. The summed E-state index contributed by atoms with van der Waals surface area (Å²) >= 11 is 7.08. The average molecular weight is 442 g/mol. The Kier molecular flexibility index (Phi) is 6.26. The highest BCUT2D eigenvalue weighted by atomic mass is 35.5. The molecular weight excluding hydrogens is 422 g/mol. The van der Waals surface area contributed by atoms with Crippen molar-refractivity contribution in [2.75, 3.05) is 37.0 Å². The Hall–Kier alpha value is -2.10. The second-order valence-corrected chi connectivity index (χ2v) is 9.41. The van der Waals surface area contributed by atoms with E-state index in [4.69, 9.17) is 11.6 Å². The largest absolute Gasteiger partial charge is 0.342 e. The van der Waals surface area contributed by atoms with Crippen molar-refractivity contribution in [2.45, 2.75) is 11.8 Å². The van der Waals surface area contributed by atoms with Gasteiger partial charge in [-0.2, -0.15) is 0 Å². The zero-order chi connectivity index (χ0) is 20.3. The van der Waals surface area contributed by atoms with Gasteiger partial charge in [0.1, 0.15) is 4.88 Å². The van der Waals surface area contributed by atoms with E-state index < -0.39 is 10.0 Å². The van der Waals surface area contributed by atoms with E-state index in [0.29, 0.717) is 41.8 Å². The Labute approximate surface area is 173 Å². The molecule has 1 aliphatic rings. The van der Waals surface area contributed by atoms with E-state index in [1.165, 1.54) is 39.9 Å². The predicted octanol–water partition coefficient (Wildman–Crippen LogP) is 2.53. The minimum atomic E-state index is -3.83. The van der Waals surface area contributed by atoms with Crippen molar-refractivity contribution in [3.63, 3.8) is 0 Å². The zero-order valence-electron chi connectivity index (χ0n) is 15.2. The van der Waals surface area contributed by atoms with Gasteiger partial charge in [0.15, 0.2) is 0 Å². The number of thiophene rings is 1. The first-order chi connectivity index (χ1) is 13.4. The molecule has 0 atom stereocenters. The second-order valence-electron chi connectivity index (χ2n) is 6.19. The molecule has 1 fully saturated rings. The van der Waals surface area contributed by atoms with Gasteiger partial charge in [-0.05, 0) is 42.6 Å². The third-order valence-electron chi connectivity index (χ3n) is 4.55. The minimum absolute atomic E-state index is 0.114. The van der Waals surface area contributed by atoms with Crippen LogP contribution >= 0.6 is 22.9 Å². The molecule has 28 heavy (non-hydrogen) atoms. The van der Waals surface area contributed by atoms with Gasteiger partial charge in [0.05, 0.1) is 10.6 Å². The summed E-state index contributed by atoms with van der Waals surface area (Å²) in [5, 5.41) is 2.16. The summed E-state index contributed by atoms with van der Waals surface area (Å²) in [5.41, 5.74) is 0.366. The summed E-state index contributed by atoms with van der Waals surface area (Å²) in [6.45, 7) is 3.69. The number of rotatable bonds is 6. The van der Waals surface area contributed by atoms with Gasteiger partial charge < -0.3 is 9.80 Å². The van der Waals surface area contributed by atoms with Crippen LogP contribution < -0.4 is 4.31 Å². The van der Waals surface area contributed by atoms with Gasteiger partial charge in [-0.3, -0.25) is 13.9 Å². The second kappa shape index (κ2) is 8.50. The van der Waals surface area contributed by atoms with Crippen LogP contribution in [0.3, 0.4) is 0 Å². The molecule has 0 unspecified atom stereocenters. The van der Waals surface area contributed by atoms with Crippen LogP contribution in [0.4, 0.5) is 5.69 Å². The number of benzene rings is 1. The fourth-order valence-corrected chi connectivity index (χ4v) is 5.57. The summed E-state index contributed by atoms with van der Waals surface area (Å²) in [7, 11) is -3.83. The fraction of sp³-hybridized carbons (Fsp3) is 0.333. The molecule has 7 nitrogen and oxygen atoms in total. The van der Waals surface area contributed by atoms with Crippen LogP contribution in [0, 0.1) is 0 Å². The number of nitrogens with zero attached hydrogens (tertiary/aromatic N) is 3. The highest BCUT2D eigenvalue weighted by Gasteiger charge is 2.30. The predicted molar refractivity (Wildman–Crippen MR) is 110 cm³/mol. The van der Waals surface area contributed by atoms with E-state index >= 15 is 0 Å². The molecule has 150 valence electrons. The Balaban J connectivity index is 1.89. The SMILES string of the molecule is CCN(c1ccsc1C(=O)N1CCN(C=O)CC1)S(=O)(=O)c1ccc(Cl)cc1. The number of sulfonamides is 1. The molecule has 2 aromatic rings. The number of hydrogen-bond acceptors (Lipinski definition) is 5. The fourth-order valence-electron chi connectivity index (χ4n) is 3.04. The number of amides is 2. The van der Waals surface area contributed by atoms with E-state index in [-0.39, 0.29) is 17.3 Å². The zero-order valence-corrected chi connectivity index (χ0v) is 17.6. The molecule has 0 saturated carbocycles. The van der Waals surface area contributed by atoms with Crippen LogP contribution in [0.1, 0.15) is 16.6 Å². The third-order valence-corrected chi connectivity index (χ3v) is 7.59. The van der Waals surface area contributed by atoms with E-state index in [1.54, 1.807) is 28.2 Å². The summed E-state index contributed by atoms with van der Waals surface area (Å²) in [6, 6.07) is 7.60.